The molecular formula is C12H17N3S. The fourth-order valence-corrected chi connectivity index (χ4v) is 2.67. The van der Waals surface area contributed by atoms with Gasteiger partial charge in [-0.05, 0) is 25.5 Å². The lowest BCUT2D eigenvalue weighted by molar-refractivity contribution is 0.680. The van der Waals surface area contributed by atoms with Gasteiger partial charge in [-0.3, -0.25) is 0 Å². The predicted molar refractivity (Wildman–Crippen MR) is 67.8 cm³/mol. The summed E-state index contributed by atoms with van der Waals surface area (Å²) >= 11 is 1.87. The maximum absolute atomic E-state index is 3.99. The van der Waals surface area contributed by atoms with Crippen LogP contribution in [0.4, 0.5) is 0 Å². The Labute approximate surface area is 99.9 Å². The van der Waals surface area contributed by atoms with Crippen LogP contribution in [0, 0.1) is 13.8 Å². The number of hydrogen-bond acceptors (Lipinski definition) is 3. The molecule has 0 bridgehead atoms. The first kappa shape index (κ1) is 11.4. The summed E-state index contributed by atoms with van der Waals surface area (Å²) in [5.41, 5.74) is 2.61. The third-order valence-electron chi connectivity index (χ3n) is 2.59. The highest BCUT2D eigenvalue weighted by atomic mass is 32.1. The van der Waals surface area contributed by atoms with Crippen molar-refractivity contribution in [2.45, 2.75) is 26.8 Å². The Kier molecular flexibility index (Phi) is 3.74. The standard InChI is InChI=1S/C12H17N3S/c1-9-5-11(10(2)16-9)6-13-4-3-12-7-14-8-15-12/h5,7-8,13H,3-4,6H2,1-2H3,(H,14,15). The van der Waals surface area contributed by atoms with E-state index in [2.05, 4.69) is 35.2 Å². The Morgan fingerprint density at radius 1 is 1.44 bits per heavy atom. The maximum Gasteiger partial charge on any atom is 0.0921 e. The number of imidazole rings is 1. The van der Waals surface area contributed by atoms with E-state index in [1.807, 2.05) is 17.5 Å². The third-order valence-corrected chi connectivity index (χ3v) is 3.59. The number of rotatable bonds is 5. The first-order chi connectivity index (χ1) is 7.75. The smallest absolute Gasteiger partial charge is 0.0921 e. The second-order valence-corrected chi connectivity index (χ2v) is 5.40. The molecule has 0 aliphatic rings. The number of hydrogen-bond donors (Lipinski definition) is 2. The van der Waals surface area contributed by atoms with Gasteiger partial charge in [0.25, 0.3) is 0 Å². The fourth-order valence-electron chi connectivity index (χ4n) is 1.73. The van der Waals surface area contributed by atoms with E-state index in [0.717, 1.165) is 19.5 Å². The van der Waals surface area contributed by atoms with E-state index in [1.165, 1.54) is 21.0 Å². The summed E-state index contributed by atoms with van der Waals surface area (Å²) in [6.07, 6.45) is 4.60. The van der Waals surface area contributed by atoms with Gasteiger partial charge in [0.15, 0.2) is 0 Å². The zero-order valence-electron chi connectivity index (χ0n) is 9.71. The number of aromatic nitrogens is 2. The number of thiophene rings is 1. The molecule has 0 unspecified atom stereocenters. The van der Waals surface area contributed by atoms with Gasteiger partial charge in [-0.15, -0.1) is 11.3 Å². The Hall–Kier alpha value is -1.13. The normalized spacial score (nSPS) is 10.9. The highest BCUT2D eigenvalue weighted by Crippen LogP contribution is 2.20. The zero-order chi connectivity index (χ0) is 11.4. The Morgan fingerprint density at radius 2 is 2.31 bits per heavy atom. The van der Waals surface area contributed by atoms with Crippen molar-refractivity contribution in [1.82, 2.24) is 15.3 Å². The molecule has 4 heteroatoms. The van der Waals surface area contributed by atoms with Gasteiger partial charge >= 0.3 is 0 Å². The SMILES string of the molecule is Cc1cc(CNCCc2cnc[nH]2)c(C)s1. The molecule has 0 saturated carbocycles. The molecule has 0 spiro atoms. The van der Waals surface area contributed by atoms with Gasteiger partial charge in [0.1, 0.15) is 0 Å². The second-order valence-electron chi connectivity index (χ2n) is 3.94. The molecule has 16 heavy (non-hydrogen) atoms. The Morgan fingerprint density at radius 3 is 2.94 bits per heavy atom. The van der Waals surface area contributed by atoms with Gasteiger partial charge in [-0.2, -0.15) is 0 Å². The van der Waals surface area contributed by atoms with E-state index < -0.39 is 0 Å². The van der Waals surface area contributed by atoms with E-state index in [1.54, 1.807) is 6.33 Å². The number of nitrogens with one attached hydrogen (secondary N) is 2. The summed E-state index contributed by atoms with van der Waals surface area (Å²) in [5, 5.41) is 3.45. The van der Waals surface area contributed by atoms with Crippen molar-refractivity contribution < 1.29 is 0 Å². The van der Waals surface area contributed by atoms with Gasteiger partial charge in [-0.25, -0.2) is 4.98 Å². The van der Waals surface area contributed by atoms with Crippen LogP contribution in [0.5, 0.6) is 0 Å². The molecule has 0 saturated heterocycles. The number of nitrogens with zero attached hydrogens (tertiary/aromatic N) is 1. The van der Waals surface area contributed by atoms with Crippen LogP contribution < -0.4 is 5.32 Å². The van der Waals surface area contributed by atoms with Crippen molar-refractivity contribution in [3.63, 3.8) is 0 Å². The number of aryl methyl sites for hydroxylation is 2. The summed E-state index contributed by atoms with van der Waals surface area (Å²) < 4.78 is 0. The molecule has 0 aliphatic heterocycles. The van der Waals surface area contributed by atoms with Crippen molar-refractivity contribution in [2.24, 2.45) is 0 Å². The molecule has 0 amide bonds. The lowest BCUT2D eigenvalue weighted by atomic mass is 10.2. The molecular weight excluding hydrogens is 218 g/mol. The van der Waals surface area contributed by atoms with Crippen molar-refractivity contribution in [3.8, 4) is 0 Å². The minimum atomic E-state index is 0.963. The molecule has 2 aromatic heterocycles. The highest BCUT2D eigenvalue weighted by molar-refractivity contribution is 7.12. The van der Waals surface area contributed by atoms with Crippen molar-refractivity contribution in [1.29, 1.82) is 0 Å². The molecule has 2 aromatic rings. The minimum Gasteiger partial charge on any atom is -0.348 e. The van der Waals surface area contributed by atoms with Gasteiger partial charge in [0.2, 0.25) is 0 Å². The van der Waals surface area contributed by atoms with Gasteiger partial charge < -0.3 is 10.3 Å². The predicted octanol–water partition coefficient (Wildman–Crippen LogP) is 2.42. The number of H-pyrrole nitrogens is 1. The average Bonchev–Trinajstić information content (AvgIpc) is 2.84. The molecule has 0 aromatic carbocycles. The van der Waals surface area contributed by atoms with E-state index in [0.29, 0.717) is 0 Å². The molecule has 2 rings (SSSR count). The molecule has 2 N–H and O–H groups in total. The lowest BCUT2D eigenvalue weighted by Crippen LogP contribution is -2.16. The summed E-state index contributed by atoms with van der Waals surface area (Å²) in [6.45, 7) is 6.29. The quantitative estimate of drug-likeness (QED) is 0.781. The van der Waals surface area contributed by atoms with Gasteiger partial charge in [-0.1, -0.05) is 0 Å². The topological polar surface area (TPSA) is 40.7 Å². The molecule has 0 aliphatic carbocycles. The monoisotopic (exact) mass is 235 g/mol. The molecule has 0 radical (unpaired) electrons. The van der Waals surface area contributed by atoms with E-state index >= 15 is 0 Å². The van der Waals surface area contributed by atoms with Gasteiger partial charge in [0, 0.05) is 41.2 Å². The van der Waals surface area contributed by atoms with E-state index in [9.17, 15) is 0 Å². The fraction of sp³-hybridized carbons (Fsp3) is 0.417. The first-order valence-electron chi connectivity index (χ1n) is 5.49. The highest BCUT2D eigenvalue weighted by Gasteiger charge is 2.01. The van der Waals surface area contributed by atoms with Crippen LogP contribution in [0.1, 0.15) is 21.0 Å². The average molecular weight is 235 g/mol. The summed E-state index contributed by atoms with van der Waals surface area (Å²) in [5.74, 6) is 0. The molecule has 3 nitrogen and oxygen atoms in total. The summed E-state index contributed by atoms with van der Waals surface area (Å²) in [4.78, 5) is 9.91. The van der Waals surface area contributed by atoms with Crippen LogP contribution in [0.15, 0.2) is 18.6 Å². The van der Waals surface area contributed by atoms with Crippen molar-refractivity contribution in [2.75, 3.05) is 6.54 Å². The van der Waals surface area contributed by atoms with Crippen molar-refractivity contribution >= 4 is 11.3 Å². The molecule has 2 heterocycles. The van der Waals surface area contributed by atoms with Crippen LogP contribution in [0.25, 0.3) is 0 Å². The van der Waals surface area contributed by atoms with Crippen molar-refractivity contribution in [3.05, 3.63) is 39.6 Å². The first-order valence-corrected chi connectivity index (χ1v) is 6.31. The lowest BCUT2D eigenvalue weighted by Gasteiger charge is -2.02. The minimum absolute atomic E-state index is 0.963. The Balaban J connectivity index is 1.74. The van der Waals surface area contributed by atoms with E-state index in [-0.39, 0.29) is 0 Å². The largest absolute Gasteiger partial charge is 0.348 e. The van der Waals surface area contributed by atoms with Crippen LogP contribution in [-0.2, 0) is 13.0 Å². The van der Waals surface area contributed by atoms with Gasteiger partial charge in [0.05, 0.1) is 6.33 Å². The Bertz CT molecular complexity index is 431. The van der Waals surface area contributed by atoms with Crippen LogP contribution in [0.3, 0.4) is 0 Å². The molecule has 86 valence electrons. The molecule has 0 atom stereocenters. The van der Waals surface area contributed by atoms with Crippen LogP contribution in [0.2, 0.25) is 0 Å². The third kappa shape index (κ3) is 2.93. The number of aromatic amines is 1. The van der Waals surface area contributed by atoms with E-state index in [4.69, 9.17) is 0 Å². The zero-order valence-corrected chi connectivity index (χ0v) is 10.5. The summed E-state index contributed by atoms with van der Waals surface area (Å²) in [7, 11) is 0. The summed E-state index contributed by atoms with van der Waals surface area (Å²) in [6, 6.07) is 2.27. The second kappa shape index (κ2) is 5.27. The van der Waals surface area contributed by atoms with Crippen LogP contribution >= 0.6 is 11.3 Å². The maximum atomic E-state index is 3.99. The van der Waals surface area contributed by atoms with Crippen LogP contribution in [-0.4, -0.2) is 16.5 Å². The molecule has 0 fully saturated rings.